The first-order chi connectivity index (χ1) is 12.2. The molecule has 144 valence electrons. The van der Waals surface area contributed by atoms with Gasteiger partial charge in [-0.2, -0.15) is 0 Å². The summed E-state index contributed by atoms with van der Waals surface area (Å²) >= 11 is 0. The van der Waals surface area contributed by atoms with Crippen molar-refractivity contribution in [1.82, 2.24) is 4.90 Å². The predicted octanol–water partition coefficient (Wildman–Crippen LogP) is 2.06. The molecule has 1 aromatic rings. The zero-order valence-electron chi connectivity index (χ0n) is 15.6. The van der Waals surface area contributed by atoms with Crippen molar-refractivity contribution in [1.29, 1.82) is 0 Å². The normalized spacial score (nSPS) is 15.6. The number of carbonyl (C=O) groups is 2. The number of amides is 2. The highest BCUT2D eigenvalue weighted by molar-refractivity contribution is 7.92. The third kappa shape index (κ3) is 5.72. The molecule has 0 aliphatic carbocycles. The Morgan fingerprint density at radius 2 is 1.77 bits per heavy atom. The highest BCUT2D eigenvalue weighted by Crippen LogP contribution is 2.22. The van der Waals surface area contributed by atoms with Gasteiger partial charge in [0, 0.05) is 38.7 Å². The monoisotopic (exact) mass is 381 g/mol. The molecule has 0 spiro atoms. The van der Waals surface area contributed by atoms with Crippen molar-refractivity contribution in [2.75, 3.05) is 35.5 Å². The number of nitrogens with zero attached hydrogens (tertiary/aromatic N) is 2. The largest absolute Gasteiger partial charge is 0.343 e. The first kappa shape index (κ1) is 20.2. The van der Waals surface area contributed by atoms with Crippen LogP contribution in [0.3, 0.4) is 0 Å². The van der Waals surface area contributed by atoms with Gasteiger partial charge in [0.25, 0.3) is 0 Å². The fraction of sp³-hybridized carbons (Fsp3) is 0.556. The summed E-state index contributed by atoms with van der Waals surface area (Å²) in [6, 6.07) is 6.53. The van der Waals surface area contributed by atoms with Crippen LogP contribution in [0.25, 0.3) is 0 Å². The molecule has 0 unspecified atom stereocenters. The van der Waals surface area contributed by atoms with E-state index in [4.69, 9.17) is 0 Å². The molecule has 0 radical (unpaired) electrons. The molecule has 7 nitrogen and oxygen atoms in total. The van der Waals surface area contributed by atoms with Gasteiger partial charge in [0.1, 0.15) is 0 Å². The van der Waals surface area contributed by atoms with E-state index in [1.807, 2.05) is 4.90 Å². The van der Waals surface area contributed by atoms with Gasteiger partial charge in [-0.05, 0) is 43.0 Å². The summed E-state index contributed by atoms with van der Waals surface area (Å²) < 4.78 is 25.5. The average Bonchev–Trinajstić information content (AvgIpc) is 2.55. The van der Waals surface area contributed by atoms with E-state index in [0.29, 0.717) is 17.3 Å². The number of anilines is 2. The second kappa shape index (κ2) is 8.53. The topological polar surface area (TPSA) is 86.8 Å². The van der Waals surface area contributed by atoms with Crippen LogP contribution in [0.4, 0.5) is 11.4 Å². The van der Waals surface area contributed by atoms with E-state index < -0.39 is 10.0 Å². The Bertz CT molecular complexity index is 738. The van der Waals surface area contributed by atoms with Crippen LogP contribution >= 0.6 is 0 Å². The van der Waals surface area contributed by atoms with Crippen LogP contribution in [-0.2, 0) is 19.6 Å². The fourth-order valence-corrected chi connectivity index (χ4v) is 3.94. The number of likely N-dealkylation sites (tertiary alicyclic amines) is 1. The Hall–Kier alpha value is -2.09. The SMILES string of the molecule is CC(=O)Nc1ccc(N(CCC(=O)N2CCC(C)CC2)S(C)(=O)=O)cc1. The molecule has 1 aromatic carbocycles. The lowest BCUT2D eigenvalue weighted by molar-refractivity contribution is -0.132. The van der Waals surface area contributed by atoms with E-state index in [9.17, 15) is 18.0 Å². The lowest BCUT2D eigenvalue weighted by atomic mass is 9.99. The van der Waals surface area contributed by atoms with Gasteiger partial charge in [0.15, 0.2) is 0 Å². The van der Waals surface area contributed by atoms with Gasteiger partial charge < -0.3 is 10.2 Å². The summed E-state index contributed by atoms with van der Waals surface area (Å²) in [7, 11) is -3.51. The first-order valence-corrected chi connectivity index (χ1v) is 10.6. The number of nitrogens with one attached hydrogen (secondary N) is 1. The lowest BCUT2D eigenvalue weighted by Gasteiger charge is -2.31. The van der Waals surface area contributed by atoms with Crippen LogP contribution in [0.5, 0.6) is 0 Å². The molecule has 8 heteroatoms. The summed E-state index contributed by atoms with van der Waals surface area (Å²) in [4.78, 5) is 25.3. The Kier molecular flexibility index (Phi) is 6.63. The van der Waals surface area contributed by atoms with Crippen LogP contribution < -0.4 is 9.62 Å². The number of piperidine rings is 1. The number of hydrogen-bond donors (Lipinski definition) is 1. The molecular formula is C18H27N3O4S. The minimum Gasteiger partial charge on any atom is -0.343 e. The lowest BCUT2D eigenvalue weighted by Crippen LogP contribution is -2.40. The van der Waals surface area contributed by atoms with E-state index >= 15 is 0 Å². The van der Waals surface area contributed by atoms with Crippen LogP contribution in [0.2, 0.25) is 0 Å². The summed E-state index contributed by atoms with van der Waals surface area (Å²) in [5, 5.41) is 2.64. The molecule has 0 atom stereocenters. The van der Waals surface area contributed by atoms with Crippen molar-refractivity contribution >= 4 is 33.2 Å². The molecule has 1 fully saturated rings. The van der Waals surface area contributed by atoms with Crippen molar-refractivity contribution in [2.24, 2.45) is 5.92 Å². The highest BCUT2D eigenvalue weighted by Gasteiger charge is 2.23. The van der Waals surface area contributed by atoms with E-state index in [2.05, 4.69) is 12.2 Å². The summed E-state index contributed by atoms with van der Waals surface area (Å²) in [6.45, 7) is 5.17. The van der Waals surface area contributed by atoms with Gasteiger partial charge in [-0.25, -0.2) is 8.42 Å². The Balaban J connectivity index is 2.04. The number of hydrogen-bond acceptors (Lipinski definition) is 4. The smallest absolute Gasteiger partial charge is 0.232 e. The van der Waals surface area contributed by atoms with Crippen molar-refractivity contribution in [3.63, 3.8) is 0 Å². The van der Waals surface area contributed by atoms with Gasteiger partial charge in [0.05, 0.1) is 11.9 Å². The molecule has 2 amide bonds. The summed E-state index contributed by atoms with van der Waals surface area (Å²) in [5.74, 6) is 0.424. The number of benzene rings is 1. The Morgan fingerprint density at radius 1 is 1.19 bits per heavy atom. The minimum atomic E-state index is -3.51. The van der Waals surface area contributed by atoms with Crippen molar-refractivity contribution < 1.29 is 18.0 Å². The van der Waals surface area contributed by atoms with Gasteiger partial charge in [-0.1, -0.05) is 6.92 Å². The molecule has 1 aliphatic rings. The molecule has 1 N–H and O–H groups in total. The van der Waals surface area contributed by atoms with Crippen LogP contribution in [0.15, 0.2) is 24.3 Å². The number of rotatable bonds is 6. The summed E-state index contributed by atoms with van der Waals surface area (Å²) in [6.07, 6.45) is 3.26. The highest BCUT2D eigenvalue weighted by atomic mass is 32.2. The third-order valence-electron chi connectivity index (χ3n) is 4.54. The van der Waals surface area contributed by atoms with Crippen molar-refractivity contribution in [3.05, 3.63) is 24.3 Å². The zero-order valence-corrected chi connectivity index (χ0v) is 16.4. The van der Waals surface area contributed by atoms with E-state index in [1.165, 1.54) is 11.2 Å². The van der Waals surface area contributed by atoms with Gasteiger partial charge in [0.2, 0.25) is 21.8 Å². The zero-order chi connectivity index (χ0) is 19.3. The van der Waals surface area contributed by atoms with Crippen molar-refractivity contribution in [2.45, 2.75) is 33.1 Å². The maximum absolute atomic E-state index is 12.4. The minimum absolute atomic E-state index is 0.0135. The maximum atomic E-state index is 12.4. The quantitative estimate of drug-likeness (QED) is 0.817. The molecule has 0 saturated carbocycles. The molecule has 0 bridgehead atoms. The van der Waals surface area contributed by atoms with Crippen LogP contribution in [-0.4, -0.2) is 51.0 Å². The number of carbonyl (C=O) groups excluding carboxylic acids is 2. The molecule has 1 heterocycles. The molecular weight excluding hydrogens is 354 g/mol. The standard InChI is InChI=1S/C18H27N3O4S/c1-14-8-11-20(12-9-14)18(23)10-13-21(26(3,24)25)17-6-4-16(5-7-17)19-15(2)22/h4-7,14H,8-13H2,1-3H3,(H,19,22). The predicted molar refractivity (Wildman–Crippen MR) is 103 cm³/mol. The van der Waals surface area contributed by atoms with Crippen LogP contribution in [0.1, 0.15) is 33.1 Å². The summed E-state index contributed by atoms with van der Waals surface area (Å²) in [5.41, 5.74) is 1.06. The first-order valence-electron chi connectivity index (χ1n) is 8.80. The molecule has 26 heavy (non-hydrogen) atoms. The van der Waals surface area contributed by atoms with Gasteiger partial charge in [-0.3, -0.25) is 13.9 Å². The fourth-order valence-electron chi connectivity index (χ4n) is 3.01. The third-order valence-corrected chi connectivity index (χ3v) is 5.74. The number of sulfonamides is 1. The van der Waals surface area contributed by atoms with E-state index in [1.54, 1.807) is 24.3 Å². The Labute approximate surface area is 155 Å². The molecule has 0 aromatic heterocycles. The second-order valence-electron chi connectivity index (χ2n) is 6.88. The van der Waals surface area contributed by atoms with E-state index in [-0.39, 0.29) is 24.8 Å². The second-order valence-corrected chi connectivity index (χ2v) is 8.78. The van der Waals surface area contributed by atoms with Crippen molar-refractivity contribution in [3.8, 4) is 0 Å². The van der Waals surface area contributed by atoms with E-state index in [0.717, 1.165) is 32.2 Å². The maximum Gasteiger partial charge on any atom is 0.232 e. The van der Waals surface area contributed by atoms with Gasteiger partial charge >= 0.3 is 0 Å². The molecule has 1 saturated heterocycles. The van der Waals surface area contributed by atoms with Gasteiger partial charge in [-0.15, -0.1) is 0 Å². The molecule has 2 rings (SSSR count). The Morgan fingerprint density at radius 3 is 2.27 bits per heavy atom. The molecule has 1 aliphatic heterocycles. The average molecular weight is 381 g/mol. The van der Waals surface area contributed by atoms with Crippen LogP contribution in [0, 0.1) is 5.92 Å².